The maximum atomic E-state index is 13.9. The lowest BCUT2D eigenvalue weighted by Crippen LogP contribution is -2.30. The molecule has 0 bridgehead atoms. The summed E-state index contributed by atoms with van der Waals surface area (Å²) in [6.07, 6.45) is 0. The fraction of sp³-hybridized carbons (Fsp3) is 0.200. The topological polar surface area (TPSA) is 43.7 Å². The largest absolute Gasteiger partial charge is 0.488 e. The lowest BCUT2D eigenvalue weighted by atomic mass is 9.80. The summed E-state index contributed by atoms with van der Waals surface area (Å²) in [7, 11) is 0.123. The summed E-state index contributed by atoms with van der Waals surface area (Å²) in [5, 5.41) is 18.0. The molecule has 0 aliphatic heterocycles. The Balaban J connectivity index is 2.04. The second-order valence-corrected chi connectivity index (χ2v) is 5.03. The predicted octanol–water partition coefficient (Wildman–Crippen LogP) is 1.28. The molecule has 0 aromatic heterocycles. The summed E-state index contributed by atoms with van der Waals surface area (Å²) >= 11 is 0. The zero-order valence-corrected chi connectivity index (χ0v) is 11.6. The van der Waals surface area contributed by atoms with E-state index in [0.717, 1.165) is 11.6 Å². The zero-order chi connectivity index (χ0) is 15.4. The van der Waals surface area contributed by atoms with E-state index in [0.29, 0.717) is 18.7 Å². The van der Waals surface area contributed by atoms with Gasteiger partial charge in [-0.05, 0) is 36.3 Å². The Kier molecular flexibility index (Phi) is 5.06. The monoisotopic (exact) mass is 291 g/mol. The van der Waals surface area contributed by atoms with Gasteiger partial charge in [0.05, 0.1) is 0 Å². The highest BCUT2D eigenvalue weighted by atomic mass is 19.1. The van der Waals surface area contributed by atoms with Crippen molar-refractivity contribution in [2.75, 3.05) is 7.05 Å². The Labute approximate surface area is 122 Å². The van der Waals surface area contributed by atoms with E-state index in [-0.39, 0.29) is 11.3 Å². The first-order valence-electron chi connectivity index (χ1n) is 6.53. The second-order valence-electron chi connectivity index (χ2n) is 5.03. The molecule has 0 saturated heterocycles. The van der Waals surface area contributed by atoms with E-state index >= 15 is 0 Å². The van der Waals surface area contributed by atoms with Crippen LogP contribution in [0.3, 0.4) is 0 Å². The molecule has 0 fully saturated rings. The van der Waals surface area contributed by atoms with Crippen LogP contribution in [0.5, 0.6) is 0 Å². The lowest BCUT2D eigenvalue weighted by molar-refractivity contribution is 0.313. The van der Waals surface area contributed by atoms with E-state index in [1.807, 2.05) is 4.90 Å². The highest BCUT2D eigenvalue weighted by Crippen LogP contribution is 2.12. The maximum Gasteiger partial charge on any atom is 0.488 e. The Morgan fingerprint density at radius 1 is 1.05 bits per heavy atom. The molecule has 0 spiro atoms. The lowest BCUT2D eigenvalue weighted by Gasteiger charge is -2.17. The summed E-state index contributed by atoms with van der Waals surface area (Å²) in [5.74, 6) is -0.792. The van der Waals surface area contributed by atoms with Gasteiger partial charge < -0.3 is 10.0 Å². The molecule has 2 aromatic rings. The van der Waals surface area contributed by atoms with Gasteiger partial charge in [0.15, 0.2) is 0 Å². The molecule has 0 radical (unpaired) electrons. The quantitative estimate of drug-likeness (QED) is 0.816. The van der Waals surface area contributed by atoms with Crippen LogP contribution in [0.25, 0.3) is 0 Å². The average molecular weight is 291 g/mol. The average Bonchev–Trinajstić information content (AvgIpc) is 2.40. The first-order chi connectivity index (χ1) is 9.95. The van der Waals surface area contributed by atoms with Crippen LogP contribution in [-0.2, 0) is 13.1 Å². The number of hydrogen-bond acceptors (Lipinski definition) is 3. The van der Waals surface area contributed by atoms with Gasteiger partial charge in [0.25, 0.3) is 0 Å². The third-order valence-corrected chi connectivity index (χ3v) is 3.16. The van der Waals surface area contributed by atoms with Gasteiger partial charge in [-0.1, -0.05) is 24.3 Å². The third kappa shape index (κ3) is 4.36. The Hall–Kier alpha value is -1.76. The number of nitrogens with zero attached hydrogens (tertiary/aromatic N) is 1. The van der Waals surface area contributed by atoms with Crippen LogP contribution >= 0.6 is 0 Å². The molecular formula is C15H16BF2NO2. The van der Waals surface area contributed by atoms with Crippen LogP contribution in [-0.4, -0.2) is 29.1 Å². The smallest absolute Gasteiger partial charge is 0.423 e. The fourth-order valence-electron chi connectivity index (χ4n) is 2.15. The highest BCUT2D eigenvalue weighted by Gasteiger charge is 2.14. The van der Waals surface area contributed by atoms with Crippen molar-refractivity contribution in [2.24, 2.45) is 0 Å². The molecule has 0 aliphatic carbocycles. The molecule has 2 N–H and O–H groups in total. The minimum Gasteiger partial charge on any atom is -0.423 e. The van der Waals surface area contributed by atoms with Gasteiger partial charge in [-0.2, -0.15) is 0 Å². The Morgan fingerprint density at radius 2 is 1.81 bits per heavy atom. The molecule has 2 aromatic carbocycles. The van der Waals surface area contributed by atoms with E-state index in [2.05, 4.69) is 0 Å². The van der Waals surface area contributed by atoms with Crippen LogP contribution in [0.2, 0.25) is 0 Å². The van der Waals surface area contributed by atoms with Crippen LogP contribution in [0.15, 0.2) is 42.5 Å². The van der Waals surface area contributed by atoms with Gasteiger partial charge in [0, 0.05) is 18.7 Å². The van der Waals surface area contributed by atoms with E-state index in [1.165, 1.54) is 24.3 Å². The van der Waals surface area contributed by atoms with Crippen LogP contribution in [0.4, 0.5) is 8.78 Å². The zero-order valence-electron chi connectivity index (χ0n) is 11.6. The summed E-state index contributed by atoms with van der Waals surface area (Å²) in [4.78, 5) is 1.85. The van der Waals surface area contributed by atoms with Crippen LogP contribution in [0.1, 0.15) is 11.1 Å². The first kappa shape index (κ1) is 15.6. The van der Waals surface area contributed by atoms with Crippen molar-refractivity contribution >= 4 is 12.6 Å². The summed E-state index contributed by atoms with van der Waals surface area (Å²) in [6, 6.07) is 10.4. The second kappa shape index (κ2) is 6.80. The van der Waals surface area contributed by atoms with Crippen molar-refractivity contribution in [1.29, 1.82) is 0 Å². The van der Waals surface area contributed by atoms with Gasteiger partial charge in [-0.3, -0.25) is 4.90 Å². The highest BCUT2D eigenvalue weighted by molar-refractivity contribution is 6.58. The minimum atomic E-state index is -1.68. The number of benzene rings is 2. The molecule has 0 aliphatic rings. The summed E-state index contributed by atoms with van der Waals surface area (Å²) in [5.41, 5.74) is 1.36. The standard InChI is InChI=1S/C15H16BF2NO2/c1-19(9-11-3-2-4-14(17)7-11)10-12-5-6-13(16(20)21)8-15(12)18/h2-8,20-21H,9-10H2,1H3. The van der Waals surface area contributed by atoms with Gasteiger partial charge in [-0.15, -0.1) is 0 Å². The summed E-state index contributed by atoms with van der Waals surface area (Å²) in [6.45, 7) is 0.825. The third-order valence-electron chi connectivity index (χ3n) is 3.16. The molecular weight excluding hydrogens is 275 g/mol. The van der Waals surface area contributed by atoms with Crippen molar-refractivity contribution in [2.45, 2.75) is 13.1 Å². The summed E-state index contributed by atoms with van der Waals surface area (Å²) < 4.78 is 27.0. The number of halogens is 2. The SMILES string of the molecule is CN(Cc1cccc(F)c1)Cc1ccc(B(O)O)cc1F. The predicted molar refractivity (Wildman–Crippen MR) is 77.8 cm³/mol. The molecule has 0 amide bonds. The first-order valence-corrected chi connectivity index (χ1v) is 6.53. The molecule has 3 nitrogen and oxygen atoms in total. The van der Waals surface area contributed by atoms with Gasteiger partial charge in [0.1, 0.15) is 11.6 Å². The van der Waals surface area contributed by atoms with Crippen molar-refractivity contribution in [3.8, 4) is 0 Å². The molecule has 0 atom stereocenters. The molecule has 0 heterocycles. The minimum absolute atomic E-state index is 0.115. The van der Waals surface area contributed by atoms with Crippen molar-refractivity contribution < 1.29 is 18.8 Å². The molecule has 21 heavy (non-hydrogen) atoms. The van der Waals surface area contributed by atoms with Crippen molar-refractivity contribution in [3.05, 3.63) is 65.2 Å². The van der Waals surface area contributed by atoms with E-state index in [1.54, 1.807) is 19.2 Å². The molecule has 6 heteroatoms. The van der Waals surface area contributed by atoms with Gasteiger partial charge >= 0.3 is 7.12 Å². The molecule has 0 unspecified atom stereocenters. The van der Waals surface area contributed by atoms with Crippen LogP contribution < -0.4 is 5.46 Å². The van der Waals surface area contributed by atoms with E-state index in [9.17, 15) is 8.78 Å². The maximum absolute atomic E-state index is 13.9. The van der Waals surface area contributed by atoms with Crippen LogP contribution in [0, 0.1) is 11.6 Å². The molecule has 2 rings (SSSR count). The number of hydrogen-bond donors (Lipinski definition) is 2. The number of rotatable bonds is 5. The molecule has 0 saturated carbocycles. The fourth-order valence-corrected chi connectivity index (χ4v) is 2.15. The molecule has 110 valence electrons. The van der Waals surface area contributed by atoms with Gasteiger partial charge in [-0.25, -0.2) is 8.78 Å². The van der Waals surface area contributed by atoms with Crippen molar-refractivity contribution in [3.63, 3.8) is 0 Å². The van der Waals surface area contributed by atoms with E-state index < -0.39 is 12.9 Å². The Morgan fingerprint density at radius 3 is 2.43 bits per heavy atom. The normalized spacial score (nSPS) is 11.0. The van der Waals surface area contributed by atoms with E-state index in [4.69, 9.17) is 10.0 Å². The van der Waals surface area contributed by atoms with Crippen molar-refractivity contribution in [1.82, 2.24) is 4.90 Å². The van der Waals surface area contributed by atoms with Gasteiger partial charge in [0.2, 0.25) is 0 Å². The Bertz CT molecular complexity index is 622.